The van der Waals surface area contributed by atoms with E-state index in [4.69, 9.17) is 15.3 Å². The summed E-state index contributed by atoms with van der Waals surface area (Å²) in [5.74, 6) is -0.992. The molecule has 0 aliphatic carbocycles. The van der Waals surface area contributed by atoms with Crippen LogP contribution in [0.25, 0.3) is 0 Å². The van der Waals surface area contributed by atoms with Crippen LogP contribution in [0.3, 0.4) is 0 Å². The second kappa shape index (κ2) is 7.54. The predicted molar refractivity (Wildman–Crippen MR) is 53.8 cm³/mol. The van der Waals surface area contributed by atoms with Crippen molar-refractivity contribution in [3.8, 4) is 0 Å². The van der Waals surface area contributed by atoms with E-state index in [2.05, 4.69) is 4.74 Å². The van der Waals surface area contributed by atoms with Gasteiger partial charge in [-0.15, -0.1) is 0 Å². The summed E-state index contributed by atoms with van der Waals surface area (Å²) in [4.78, 5) is 10.8. The van der Waals surface area contributed by atoms with E-state index in [-0.39, 0.29) is 0 Å². The molecule has 8 heteroatoms. The molecule has 0 rings (SSSR count). The highest BCUT2D eigenvalue weighted by molar-refractivity contribution is 5.73. The Labute approximate surface area is 97.7 Å². The molecule has 102 valence electrons. The lowest BCUT2D eigenvalue weighted by Gasteiger charge is -2.25. The molecule has 0 fully saturated rings. The first-order chi connectivity index (χ1) is 7.81. The van der Waals surface area contributed by atoms with Crippen molar-refractivity contribution in [1.29, 1.82) is 0 Å². The van der Waals surface area contributed by atoms with Crippen LogP contribution in [0.15, 0.2) is 0 Å². The van der Waals surface area contributed by atoms with Gasteiger partial charge < -0.3 is 35.4 Å². The van der Waals surface area contributed by atoms with Crippen LogP contribution in [0.5, 0.6) is 0 Å². The first-order valence-corrected chi connectivity index (χ1v) is 4.99. The minimum atomic E-state index is -1.79. The number of hydrogen-bond acceptors (Lipinski definition) is 8. The number of rotatable bonds is 7. The van der Waals surface area contributed by atoms with Crippen molar-refractivity contribution in [3.63, 3.8) is 0 Å². The van der Waals surface area contributed by atoms with Crippen molar-refractivity contribution in [2.24, 2.45) is 0 Å². The second-order valence-corrected chi connectivity index (χ2v) is 3.60. The topological polar surface area (TPSA) is 148 Å². The van der Waals surface area contributed by atoms with Gasteiger partial charge in [0, 0.05) is 0 Å². The zero-order valence-corrected chi connectivity index (χ0v) is 9.30. The van der Waals surface area contributed by atoms with Gasteiger partial charge in [-0.2, -0.15) is 0 Å². The third-order valence-corrected chi connectivity index (χ3v) is 2.06. The van der Waals surface area contributed by atoms with Crippen molar-refractivity contribution in [2.75, 3.05) is 13.2 Å². The minimum absolute atomic E-state index is 0.653. The lowest BCUT2D eigenvalue weighted by atomic mass is 10.0. The Kier molecular flexibility index (Phi) is 7.19. The summed E-state index contributed by atoms with van der Waals surface area (Å²) in [5, 5.41) is 54.1. The molecule has 0 saturated heterocycles. The van der Waals surface area contributed by atoms with E-state index >= 15 is 0 Å². The first-order valence-electron chi connectivity index (χ1n) is 4.99. The Hall–Kier alpha value is -0.770. The van der Waals surface area contributed by atoms with Crippen LogP contribution < -0.4 is 0 Å². The van der Waals surface area contributed by atoms with Crippen molar-refractivity contribution in [3.05, 3.63) is 0 Å². The molecule has 5 atom stereocenters. The highest BCUT2D eigenvalue weighted by Gasteiger charge is 2.30. The van der Waals surface area contributed by atoms with Crippen molar-refractivity contribution in [1.82, 2.24) is 0 Å². The van der Waals surface area contributed by atoms with Gasteiger partial charge in [0.15, 0.2) is 0 Å². The Morgan fingerprint density at radius 2 is 1.53 bits per heavy atom. The summed E-state index contributed by atoms with van der Waals surface area (Å²) >= 11 is 0. The molecule has 0 aliphatic heterocycles. The van der Waals surface area contributed by atoms with Crippen molar-refractivity contribution in [2.45, 2.75) is 37.4 Å². The summed E-state index contributed by atoms with van der Waals surface area (Å²) in [5.41, 5.74) is 0. The fourth-order valence-corrected chi connectivity index (χ4v) is 0.950. The molecule has 0 saturated carbocycles. The molecule has 0 spiro atoms. The lowest BCUT2D eigenvalue weighted by molar-refractivity contribution is -0.163. The second-order valence-electron chi connectivity index (χ2n) is 3.60. The normalized spacial score (nSPS) is 20.2. The van der Waals surface area contributed by atoms with Gasteiger partial charge in [-0.05, 0) is 6.92 Å². The van der Waals surface area contributed by atoms with Gasteiger partial charge in [0.1, 0.15) is 37.1 Å². The van der Waals surface area contributed by atoms with Crippen LogP contribution in [0, 0.1) is 0 Å². The van der Waals surface area contributed by atoms with E-state index in [0.717, 1.165) is 6.92 Å². The van der Waals surface area contributed by atoms with Crippen LogP contribution in [-0.4, -0.2) is 80.3 Å². The van der Waals surface area contributed by atoms with Crippen LogP contribution >= 0.6 is 0 Å². The third kappa shape index (κ3) is 5.39. The maximum atomic E-state index is 10.8. The van der Waals surface area contributed by atoms with Gasteiger partial charge in [-0.3, -0.25) is 0 Å². The van der Waals surface area contributed by atoms with Crippen molar-refractivity contribution < 1.29 is 40.2 Å². The smallest absolute Gasteiger partial charge is 0.334 e. The van der Waals surface area contributed by atoms with E-state index in [9.17, 15) is 20.1 Å². The van der Waals surface area contributed by atoms with Crippen molar-refractivity contribution >= 4 is 5.97 Å². The largest absolute Gasteiger partial charge is 0.461 e. The van der Waals surface area contributed by atoms with E-state index in [1.54, 1.807) is 0 Å². The maximum absolute atomic E-state index is 10.8. The number of carbonyl (C=O) groups excluding carboxylic acids is 1. The van der Waals surface area contributed by atoms with Crippen LogP contribution in [0.1, 0.15) is 6.92 Å². The number of esters is 1. The summed E-state index contributed by atoms with van der Waals surface area (Å²) in [7, 11) is 0. The Balaban J connectivity index is 4.13. The molecular formula is C9H18O8. The molecule has 0 aliphatic rings. The summed E-state index contributed by atoms with van der Waals surface area (Å²) in [6.45, 7) is -0.284. The van der Waals surface area contributed by atoms with Gasteiger partial charge in [-0.1, -0.05) is 0 Å². The quantitative estimate of drug-likeness (QED) is 0.255. The Morgan fingerprint density at radius 3 is 1.94 bits per heavy atom. The molecule has 0 aromatic heterocycles. The zero-order chi connectivity index (χ0) is 13.6. The van der Waals surface area contributed by atoms with Gasteiger partial charge >= 0.3 is 5.97 Å². The highest BCUT2D eigenvalue weighted by atomic mass is 16.6. The number of carbonyl (C=O) groups is 1. The van der Waals surface area contributed by atoms with Crippen LogP contribution in [0.2, 0.25) is 0 Å². The number of aliphatic hydroxyl groups excluding tert-OH is 6. The number of ether oxygens (including phenoxy) is 1. The molecule has 0 aromatic rings. The molecule has 8 nitrogen and oxygen atoms in total. The lowest BCUT2D eigenvalue weighted by Crippen LogP contribution is -2.47. The monoisotopic (exact) mass is 254 g/mol. The summed E-state index contributed by atoms with van der Waals surface area (Å²) in [6.07, 6.45) is -8.20. The molecular weight excluding hydrogens is 236 g/mol. The summed E-state index contributed by atoms with van der Waals surface area (Å²) in [6, 6.07) is 0. The molecule has 0 heterocycles. The van der Waals surface area contributed by atoms with E-state index in [1.165, 1.54) is 0 Å². The number of hydrogen-bond donors (Lipinski definition) is 6. The van der Waals surface area contributed by atoms with Gasteiger partial charge in [0.2, 0.25) is 0 Å². The highest BCUT2D eigenvalue weighted by Crippen LogP contribution is 2.06. The van der Waals surface area contributed by atoms with Gasteiger partial charge in [-0.25, -0.2) is 4.79 Å². The maximum Gasteiger partial charge on any atom is 0.334 e. The molecule has 17 heavy (non-hydrogen) atoms. The fraction of sp³-hybridized carbons (Fsp3) is 0.889. The standard InChI is InChI=1S/C9H18O8/c1-4(11)9(16)17-3-6(13)8(15)7(14)5(12)2-10/h4-8,10-15H,2-3H2,1H3/t4?,5-,6-,7-,8-/m1/s1. The van der Waals surface area contributed by atoms with E-state index < -0.39 is 49.7 Å². The SMILES string of the molecule is CC(O)C(=O)OC[C@@H](O)[C@@H](O)[C@H](O)[C@H](O)CO. The summed E-state index contributed by atoms with van der Waals surface area (Å²) < 4.78 is 4.40. The minimum Gasteiger partial charge on any atom is -0.461 e. The molecule has 0 bridgehead atoms. The fourth-order valence-electron chi connectivity index (χ4n) is 0.950. The third-order valence-electron chi connectivity index (χ3n) is 2.06. The first kappa shape index (κ1) is 16.2. The van der Waals surface area contributed by atoms with Crippen LogP contribution in [-0.2, 0) is 9.53 Å². The van der Waals surface area contributed by atoms with Gasteiger partial charge in [0.05, 0.1) is 6.61 Å². The molecule has 0 amide bonds. The number of aliphatic hydroxyl groups is 6. The van der Waals surface area contributed by atoms with E-state index in [0.29, 0.717) is 0 Å². The Morgan fingerprint density at radius 1 is 1.06 bits per heavy atom. The Bertz CT molecular complexity index is 231. The molecule has 0 radical (unpaired) electrons. The van der Waals surface area contributed by atoms with Gasteiger partial charge in [0.25, 0.3) is 0 Å². The van der Waals surface area contributed by atoms with Crippen LogP contribution in [0.4, 0.5) is 0 Å². The average molecular weight is 254 g/mol. The molecule has 6 N–H and O–H groups in total. The predicted octanol–water partition coefficient (Wildman–Crippen LogP) is -3.65. The average Bonchev–Trinajstić information content (AvgIpc) is 2.32. The molecule has 0 aromatic carbocycles. The zero-order valence-electron chi connectivity index (χ0n) is 9.30. The molecule has 1 unspecified atom stereocenters. The van der Waals surface area contributed by atoms with E-state index in [1.807, 2.05) is 0 Å².